The zero-order chi connectivity index (χ0) is 14.4. The van der Waals surface area contributed by atoms with Gasteiger partial charge < -0.3 is 20.5 Å². The molecule has 1 aliphatic rings. The van der Waals surface area contributed by atoms with Gasteiger partial charge in [-0.05, 0) is 25.0 Å². The average molecular weight is 294 g/mol. The van der Waals surface area contributed by atoms with Crippen molar-refractivity contribution in [3.63, 3.8) is 0 Å². The van der Waals surface area contributed by atoms with Gasteiger partial charge in [-0.1, -0.05) is 24.4 Å². The first-order valence-electron chi connectivity index (χ1n) is 6.54. The molecule has 108 valence electrons. The highest BCUT2D eigenvalue weighted by molar-refractivity contribution is 7.80. The van der Waals surface area contributed by atoms with Gasteiger partial charge in [0.15, 0.2) is 0 Å². The van der Waals surface area contributed by atoms with Crippen molar-refractivity contribution in [1.29, 1.82) is 0 Å². The quantitative estimate of drug-likeness (QED) is 0.777. The number of hydrogen-bond acceptors (Lipinski definition) is 4. The number of ether oxygens (including phenoxy) is 2. The maximum atomic E-state index is 11.7. The van der Waals surface area contributed by atoms with E-state index in [-0.39, 0.29) is 18.6 Å². The number of anilines is 1. The molecule has 20 heavy (non-hydrogen) atoms. The lowest BCUT2D eigenvalue weighted by molar-refractivity contribution is -0.121. The van der Waals surface area contributed by atoms with E-state index in [1.165, 1.54) is 0 Å². The molecular weight excluding hydrogens is 276 g/mol. The number of amides is 1. The molecule has 1 unspecified atom stereocenters. The second kappa shape index (κ2) is 7.33. The molecule has 1 aromatic carbocycles. The molecule has 1 aliphatic heterocycles. The summed E-state index contributed by atoms with van der Waals surface area (Å²) in [5.41, 5.74) is 6.92. The number of carbonyl (C=O) groups excluding carboxylic acids is 1. The first-order valence-corrected chi connectivity index (χ1v) is 6.95. The van der Waals surface area contributed by atoms with Crippen LogP contribution in [0.3, 0.4) is 0 Å². The van der Waals surface area contributed by atoms with Gasteiger partial charge in [0.1, 0.15) is 11.6 Å². The summed E-state index contributed by atoms with van der Waals surface area (Å²) in [4.78, 5) is 12.0. The predicted octanol–water partition coefficient (Wildman–Crippen LogP) is 1.45. The topological polar surface area (TPSA) is 73.6 Å². The number of benzene rings is 1. The molecule has 1 atom stereocenters. The van der Waals surface area contributed by atoms with E-state index in [2.05, 4.69) is 5.32 Å². The van der Waals surface area contributed by atoms with Crippen molar-refractivity contribution in [2.75, 3.05) is 25.1 Å². The van der Waals surface area contributed by atoms with Gasteiger partial charge in [-0.2, -0.15) is 0 Å². The summed E-state index contributed by atoms with van der Waals surface area (Å²) in [7, 11) is 0. The van der Waals surface area contributed by atoms with Crippen molar-refractivity contribution < 1.29 is 14.3 Å². The third kappa shape index (κ3) is 4.56. The monoisotopic (exact) mass is 294 g/mol. The molecule has 1 amide bonds. The van der Waals surface area contributed by atoms with Crippen LogP contribution in [0.5, 0.6) is 0 Å². The lowest BCUT2D eigenvalue weighted by Crippen LogP contribution is -2.22. The molecule has 0 radical (unpaired) electrons. The van der Waals surface area contributed by atoms with Gasteiger partial charge in [-0.15, -0.1) is 0 Å². The molecule has 2 rings (SSSR count). The van der Waals surface area contributed by atoms with Gasteiger partial charge in [0.05, 0.1) is 12.7 Å². The Kier molecular flexibility index (Phi) is 5.46. The Hall–Kier alpha value is -1.50. The van der Waals surface area contributed by atoms with Crippen LogP contribution in [0.15, 0.2) is 24.3 Å². The minimum absolute atomic E-state index is 0.0111. The fourth-order valence-corrected chi connectivity index (χ4v) is 2.13. The molecule has 1 aromatic rings. The van der Waals surface area contributed by atoms with E-state index >= 15 is 0 Å². The number of thiocarbonyl (C=S) groups is 1. The Bertz CT molecular complexity index is 487. The number of nitrogens with one attached hydrogen (secondary N) is 1. The molecule has 1 saturated heterocycles. The number of carbonyl (C=O) groups is 1. The Labute approximate surface area is 123 Å². The van der Waals surface area contributed by atoms with Crippen LogP contribution in [-0.4, -0.2) is 36.8 Å². The first kappa shape index (κ1) is 14.9. The molecule has 3 N–H and O–H groups in total. The van der Waals surface area contributed by atoms with Gasteiger partial charge in [0.2, 0.25) is 5.91 Å². The van der Waals surface area contributed by atoms with Crippen molar-refractivity contribution in [3.8, 4) is 0 Å². The van der Waals surface area contributed by atoms with Crippen LogP contribution < -0.4 is 11.1 Å². The van der Waals surface area contributed by atoms with Crippen LogP contribution in [0.2, 0.25) is 0 Å². The van der Waals surface area contributed by atoms with Gasteiger partial charge in [-0.3, -0.25) is 4.79 Å². The van der Waals surface area contributed by atoms with Gasteiger partial charge >= 0.3 is 0 Å². The highest BCUT2D eigenvalue weighted by Crippen LogP contribution is 2.12. The minimum Gasteiger partial charge on any atom is -0.389 e. The maximum absolute atomic E-state index is 11.7. The summed E-state index contributed by atoms with van der Waals surface area (Å²) < 4.78 is 10.8. The Morgan fingerprint density at radius 2 is 2.40 bits per heavy atom. The van der Waals surface area contributed by atoms with Crippen molar-refractivity contribution in [1.82, 2.24) is 0 Å². The van der Waals surface area contributed by atoms with E-state index in [1.54, 1.807) is 24.3 Å². The molecule has 0 aliphatic carbocycles. The number of nitrogens with two attached hydrogens (primary N) is 1. The van der Waals surface area contributed by atoms with Crippen molar-refractivity contribution in [3.05, 3.63) is 29.8 Å². The van der Waals surface area contributed by atoms with Crippen LogP contribution in [0.1, 0.15) is 18.4 Å². The molecule has 0 bridgehead atoms. The highest BCUT2D eigenvalue weighted by Gasteiger charge is 2.15. The van der Waals surface area contributed by atoms with Crippen molar-refractivity contribution in [2.45, 2.75) is 18.9 Å². The second-order valence-corrected chi connectivity index (χ2v) is 5.08. The molecular formula is C14H18N2O3S. The molecule has 0 aromatic heterocycles. The standard InChI is InChI=1S/C14H18N2O3S/c15-14(20)10-3-1-4-11(7-10)16-13(17)9-18-8-12-5-2-6-19-12/h1,3-4,7,12H,2,5-6,8-9H2,(H2,15,20)(H,16,17). The smallest absolute Gasteiger partial charge is 0.250 e. The Morgan fingerprint density at radius 3 is 3.10 bits per heavy atom. The SMILES string of the molecule is NC(=S)c1cccc(NC(=O)COCC2CCCO2)c1. The minimum atomic E-state index is -0.205. The third-order valence-electron chi connectivity index (χ3n) is 2.99. The fourth-order valence-electron chi connectivity index (χ4n) is 2.01. The summed E-state index contributed by atoms with van der Waals surface area (Å²) in [5, 5.41) is 2.74. The zero-order valence-corrected chi connectivity index (χ0v) is 11.9. The second-order valence-electron chi connectivity index (χ2n) is 4.64. The molecule has 5 nitrogen and oxygen atoms in total. The van der Waals surface area contributed by atoms with Crippen molar-refractivity contribution >= 4 is 28.8 Å². The van der Waals surface area contributed by atoms with E-state index in [1.807, 2.05) is 0 Å². The molecule has 1 heterocycles. The molecule has 1 fully saturated rings. The van der Waals surface area contributed by atoms with E-state index < -0.39 is 0 Å². The third-order valence-corrected chi connectivity index (χ3v) is 3.23. The predicted molar refractivity (Wildman–Crippen MR) is 80.8 cm³/mol. The Balaban J connectivity index is 1.76. The van der Waals surface area contributed by atoms with E-state index in [4.69, 9.17) is 27.4 Å². The molecule has 6 heteroatoms. The summed E-state index contributed by atoms with van der Waals surface area (Å²) in [6, 6.07) is 7.10. The summed E-state index contributed by atoms with van der Waals surface area (Å²) >= 11 is 4.89. The van der Waals surface area contributed by atoms with E-state index in [0.717, 1.165) is 25.0 Å². The first-order chi connectivity index (χ1) is 9.65. The van der Waals surface area contributed by atoms with Gasteiger partial charge in [0, 0.05) is 17.9 Å². The fraction of sp³-hybridized carbons (Fsp3) is 0.429. The normalized spacial score (nSPS) is 17.9. The summed E-state index contributed by atoms with van der Waals surface area (Å²) in [6.45, 7) is 1.25. The van der Waals surface area contributed by atoms with E-state index in [0.29, 0.717) is 17.3 Å². The Morgan fingerprint density at radius 1 is 1.55 bits per heavy atom. The number of hydrogen-bond donors (Lipinski definition) is 2. The lowest BCUT2D eigenvalue weighted by Gasteiger charge is -2.10. The molecule has 0 spiro atoms. The largest absolute Gasteiger partial charge is 0.389 e. The van der Waals surface area contributed by atoms with Crippen LogP contribution in [0.25, 0.3) is 0 Å². The average Bonchev–Trinajstić information content (AvgIpc) is 2.92. The highest BCUT2D eigenvalue weighted by atomic mass is 32.1. The molecule has 0 saturated carbocycles. The lowest BCUT2D eigenvalue weighted by atomic mass is 10.2. The zero-order valence-electron chi connectivity index (χ0n) is 11.1. The maximum Gasteiger partial charge on any atom is 0.250 e. The summed E-state index contributed by atoms with van der Waals surface area (Å²) in [5.74, 6) is -0.205. The van der Waals surface area contributed by atoms with Gasteiger partial charge in [-0.25, -0.2) is 0 Å². The van der Waals surface area contributed by atoms with E-state index in [9.17, 15) is 4.79 Å². The van der Waals surface area contributed by atoms with Crippen LogP contribution in [-0.2, 0) is 14.3 Å². The van der Waals surface area contributed by atoms with Crippen LogP contribution in [0.4, 0.5) is 5.69 Å². The number of rotatable bonds is 6. The van der Waals surface area contributed by atoms with Crippen LogP contribution in [0, 0.1) is 0 Å². The van der Waals surface area contributed by atoms with Crippen molar-refractivity contribution in [2.24, 2.45) is 5.73 Å². The van der Waals surface area contributed by atoms with Gasteiger partial charge in [0.25, 0.3) is 0 Å². The summed E-state index contributed by atoms with van der Waals surface area (Å²) in [6.07, 6.45) is 2.18. The van der Waals surface area contributed by atoms with Crippen LogP contribution >= 0.6 is 12.2 Å².